The van der Waals surface area contributed by atoms with Gasteiger partial charge >= 0.3 is 0 Å². The van der Waals surface area contributed by atoms with Crippen molar-refractivity contribution in [1.29, 1.82) is 0 Å². The molecule has 2 aromatic rings. The van der Waals surface area contributed by atoms with E-state index in [2.05, 4.69) is 9.71 Å². The minimum Gasteiger partial charge on any atom is -0.493 e. The third-order valence-corrected chi connectivity index (χ3v) is 4.82. The average molecular weight is 341 g/mol. The van der Waals surface area contributed by atoms with Crippen molar-refractivity contribution in [2.45, 2.75) is 6.54 Å². The Morgan fingerprint density at radius 1 is 1.13 bits per heavy atom. The number of pyridine rings is 1. The van der Waals surface area contributed by atoms with Crippen LogP contribution in [0.1, 0.15) is 5.56 Å². The Kier molecular flexibility index (Phi) is 4.93. The van der Waals surface area contributed by atoms with Crippen molar-refractivity contribution in [3.8, 4) is 11.5 Å². The van der Waals surface area contributed by atoms with Crippen LogP contribution in [0.3, 0.4) is 0 Å². The predicted octanol–water partition coefficient (Wildman–Crippen LogP) is 0.441. The zero-order valence-corrected chi connectivity index (χ0v) is 14.2. The van der Waals surface area contributed by atoms with Crippen molar-refractivity contribution < 1.29 is 17.9 Å². The monoisotopic (exact) mass is 341 g/mol. The lowest BCUT2D eigenvalue weighted by atomic mass is 10.1. The Labute approximate surface area is 134 Å². The van der Waals surface area contributed by atoms with Crippen molar-refractivity contribution in [1.82, 2.24) is 14.0 Å². The summed E-state index contributed by atoms with van der Waals surface area (Å²) in [7, 11) is 2.23. The Bertz CT molecular complexity index is 874. The SMILES string of the molecule is COc1cc2cc(CNS(=O)(=O)N(C)C)c(=O)[nH]c2cc1OC. The summed E-state index contributed by atoms with van der Waals surface area (Å²) in [4.78, 5) is 14.8. The van der Waals surface area contributed by atoms with E-state index in [1.807, 2.05) is 0 Å². The molecule has 0 amide bonds. The lowest BCUT2D eigenvalue weighted by Gasteiger charge is -2.13. The zero-order chi connectivity index (χ0) is 17.2. The van der Waals surface area contributed by atoms with E-state index >= 15 is 0 Å². The van der Waals surface area contributed by atoms with Gasteiger partial charge in [0.1, 0.15) is 0 Å². The van der Waals surface area contributed by atoms with Gasteiger partial charge in [-0.05, 0) is 12.1 Å². The van der Waals surface area contributed by atoms with Crippen LogP contribution in [0, 0.1) is 0 Å². The van der Waals surface area contributed by atoms with E-state index in [9.17, 15) is 13.2 Å². The van der Waals surface area contributed by atoms with Gasteiger partial charge in [-0.2, -0.15) is 17.4 Å². The maximum absolute atomic E-state index is 12.1. The molecule has 0 saturated carbocycles. The van der Waals surface area contributed by atoms with Gasteiger partial charge < -0.3 is 14.5 Å². The van der Waals surface area contributed by atoms with E-state index in [0.717, 1.165) is 4.31 Å². The second kappa shape index (κ2) is 6.57. The minimum atomic E-state index is -3.60. The number of nitrogens with one attached hydrogen (secondary N) is 2. The molecule has 126 valence electrons. The maximum atomic E-state index is 12.1. The van der Waals surface area contributed by atoms with Crippen LogP contribution < -0.4 is 19.8 Å². The van der Waals surface area contributed by atoms with Crippen LogP contribution in [-0.2, 0) is 16.8 Å². The summed E-state index contributed by atoms with van der Waals surface area (Å²) in [6, 6.07) is 4.99. The molecule has 8 nitrogen and oxygen atoms in total. The summed E-state index contributed by atoms with van der Waals surface area (Å²) in [6.45, 7) is -0.111. The summed E-state index contributed by atoms with van der Waals surface area (Å²) < 4.78 is 37.3. The van der Waals surface area contributed by atoms with Crippen LogP contribution in [0.15, 0.2) is 23.0 Å². The summed E-state index contributed by atoms with van der Waals surface area (Å²) in [5.74, 6) is 1.02. The van der Waals surface area contributed by atoms with Crippen molar-refractivity contribution >= 4 is 21.1 Å². The quantitative estimate of drug-likeness (QED) is 0.794. The first kappa shape index (κ1) is 17.3. The fourth-order valence-corrected chi connectivity index (χ4v) is 2.60. The van der Waals surface area contributed by atoms with Gasteiger partial charge in [-0.25, -0.2) is 0 Å². The zero-order valence-electron chi connectivity index (χ0n) is 13.3. The third kappa shape index (κ3) is 3.63. The predicted molar refractivity (Wildman–Crippen MR) is 87.1 cm³/mol. The normalized spacial score (nSPS) is 11.9. The second-order valence-electron chi connectivity index (χ2n) is 5.03. The van der Waals surface area contributed by atoms with Gasteiger partial charge in [0.2, 0.25) is 0 Å². The average Bonchev–Trinajstić information content (AvgIpc) is 2.51. The molecule has 0 aliphatic heterocycles. The van der Waals surface area contributed by atoms with Crippen LogP contribution in [0.25, 0.3) is 10.9 Å². The van der Waals surface area contributed by atoms with E-state index in [-0.39, 0.29) is 12.1 Å². The number of hydrogen-bond donors (Lipinski definition) is 2. The van der Waals surface area contributed by atoms with Crippen molar-refractivity contribution in [2.75, 3.05) is 28.3 Å². The number of H-pyrrole nitrogens is 1. The fourth-order valence-electron chi connectivity index (χ4n) is 2.01. The number of methoxy groups -OCH3 is 2. The summed E-state index contributed by atoms with van der Waals surface area (Å²) >= 11 is 0. The Morgan fingerprint density at radius 3 is 2.30 bits per heavy atom. The van der Waals surface area contributed by atoms with Crippen LogP contribution >= 0.6 is 0 Å². The third-order valence-electron chi connectivity index (χ3n) is 3.35. The molecule has 1 aromatic carbocycles. The molecular weight excluding hydrogens is 322 g/mol. The first-order valence-electron chi connectivity index (χ1n) is 6.73. The molecule has 0 spiro atoms. The van der Waals surface area contributed by atoms with Gasteiger partial charge in [0.15, 0.2) is 11.5 Å². The van der Waals surface area contributed by atoms with E-state index in [1.54, 1.807) is 18.2 Å². The maximum Gasteiger partial charge on any atom is 0.279 e. The van der Waals surface area contributed by atoms with Gasteiger partial charge in [-0.1, -0.05) is 0 Å². The Morgan fingerprint density at radius 2 is 1.74 bits per heavy atom. The Hall–Kier alpha value is -2.10. The summed E-state index contributed by atoms with van der Waals surface area (Å²) in [6.07, 6.45) is 0. The molecule has 1 heterocycles. The van der Waals surface area contributed by atoms with E-state index in [0.29, 0.717) is 28.0 Å². The highest BCUT2D eigenvalue weighted by Crippen LogP contribution is 2.30. The molecule has 1 aromatic heterocycles. The van der Waals surface area contributed by atoms with Gasteiger partial charge in [0.05, 0.1) is 19.7 Å². The van der Waals surface area contributed by atoms with E-state index < -0.39 is 10.2 Å². The number of nitrogens with zero attached hydrogens (tertiary/aromatic N) is 1. The van der Waals surface area contributed by atoms with Crippen LogP contribution in [0.2, 0.25) is 0 Å². The smallest absolute Gasteiger partial charge is 0.279 e. The molecule has 23 heavy (non-hydrogen) atoms. The van der Waals surface area contributed by atoms with Crippen molar-refractivity contribution in [3.63, 3.8) is 0 Å². The first-order valence-corrected chi connectivity index (χ1v) is 8.17. The lowest BCUT2D eigenvalue weighted by Crippen LogP contribution is -2.36. The first-order chi connectivity index (χ1) is 10.8. The summed E-state index contributed by atoms with van der Waals surface area (Å²) in [5, 5.41) is 0.710. The van der Waals surface area contributed by atoms with Crippen molar-refractivity contribution in [3.05, 3.63) is 34.1 Å². The minimum absolute atomic E-state index is 0.111. The molecule has 0 saturated heterocycles. The molecule has 0 radical (unpaired) electrons. The highest BCUT2D eigenvalue weighted by atomic mass is 32.2. The summed E-state index contributed by atoms with van der Waals surface area (Å²) in [5.41, 5.74) is 0.508. The van der Waals surface area contributed by atoms with Gasteiger partial charge in [0.25, 0.3) is 15.8 Å². The number of hydrogen-bond acceptors (Lipinski definition) is 5. The molecule has 2 rings (SSSR count). The number of aromatic nitrogens is 1. The molecule has 0 aliphatic rings. The van der Waals surface area contributed by atoms with Crippen LogP contribution in [0.4, 0.5) is 0 Å². The van der Waals surface area contributed by atoms with Crippen molar-refractivity contribution in [2.24, 2.45) is 0 Å². The number of aromatic amines is 1. The van der Waals surface area contributed by atoms with E-state index in [1.165, 1.54) is 28.3 Å². The number of benzene rings is 1. The molecule has 9 heteroatoms. The Balaban J connectivity index is 2.43. The molecule has 0 atom stereocenters. The largest absolute Gasteiger partial charge is 0.493 e. The standard InChI is InChI=1S/C14H19N3O5S/c1-17(2)23(19,20)15-8-10-5-9-6-12(21-3)13(22-4)7-11(9)16-14(10)18/h5-7,15H,8H2,1-4H3,(H,16,18). The molecule has 0 bridgehead atoms. The molecular formula is C14H19N3O5S. The highest BCUT2D eigenvalue weighted by molar-refractivity contribution is 7.87. The molecule has 2 N–H and O–H groups in total. The number of rotatable bonds is 6. The molecule has 0 unspecified atom stereocenters. The second-order valence-corrected chi connectivity index (χ2v) is 7.00. The number of fused-ring (bicyclic) bond motifs is 1. The molecule has 0 fully saturated rings. The number of ether oxygens (including phenoxy) is 2. The fraction of sp³-hybridized carbons (Fsp3) is 0.357. The van der Waals surface area contributed by atoms with Crippen LogP contribution in [0.5, 0.6) is 11.5 Å². The lowest BCUT2D eigenvalue weighted by molar-refractivity contribution is 0.356. The molecule has 0 aliphatic carbocycles. The van der Waals surface area contributed by atoms with Gasteiger partial charge in [-0.3, -0.25) is 4.79 Å². The van der Waals surface area contributed by atoms with Crippen LogP contribution in [-0.4, -0.2) is 46.0 Å². The highest BCUT2D eigenvalue weighted by Gasteiger charge is 2.14. The van der Waals surface area contributed by atoms with Gasteiger partial charge in [0, 0.05) is 37.7 Å². The topological polar surface area (TPSA) is 101 Å². The van der Waals surface area contributed by atoms with E-state index in [4.69, 9.17) is 9.47 Å². The van der Waals surface area contributed by atoms with Gasteiger partial charge in [-0.15, -0.1) is 0 Å².